The highest BCUT2D eigenvalue weighted by molar-refractivity contribution is 5.82. The maximum Gasteiger partial charge on any atom is 0.0731 e. The van der Waals surface area contributed by atoms with Crippen LogP contribution in [0.3, 0.4) is 0 Å². The molecule has 0 aliphatic heterocycles. The number of hydrogen-bond acceptors (Lipinski definition) is 2. The Labute approximate surface area is 127 Å². The quantitative estimate of drug-likeness (QED) is 0.932. The topological polar surface area (TPSA) is 38.0 Å². The molecule has 0 saturated heterocycles. The molecule has 1 aromatic heterocycles. The van der Waals surface area contributed by atoms with Gasteiger partial charge >= 0.3 is 0 Å². The number of para-hydroxylation sites is 1. The van der Waals surface area contributed by atoms with Gasteiger partial charge in [-0.15, -0.1) is 0 Å². The van der Waals surface area contributed by atoms with Crippen molar-refractivity contribution in [2.24, 2.45) is 11.8 Å². The van der Waals surface area contributed by atoms with E-state index in [4.69, 9.17) is 5.10 Å². The molecule has 0 bridgehead atoms. The molecule has 114 valence electrons. The molecule has 0 spiro atoms. The summed E-state index contributed by atoms with van der Waals surface area (Å²) >= 11 is 0. The first kappa shape index (κ1) is 14.6. The number of aryl methyl sites for hydroxylation is 1. The Balaban J connectivity index is 1.94. The Kier molecular flexibility index (Phi) is 3.78. The summed E-state index contributed by atoms with van der Waals surface area (Å²) in [6.07, 6.45) is 3.69. The monoisotopic (exact) mass is 286 g/mol. The van der Waals surface area contributed by atoms with Crippen molar-refractivity contribution in [2.45, 2.75) is 58.6 Å². The van der Waals surface area contributed by atoms with Gasteiger partial charge in [0, 0.05) is 18.4 Å². The lowest BCUT2D eigenvalue weighted by Crippen LogP contribution is -2.40. The zero-order valence-corrected chi connectivity index (χ0v) is 13.3. The molecule has 2 unspecified atom stereocenters. The summed E-state index contributed by atoms with van der Waals surface area (Å²) in [5.74, 6) is 1.19. The third kappa shape index (κ3) is 2.84. The standard InChI is InChI=1S/C18H26N2O/c1-4-20-17-8-6-5-7-15(17)16(19-20)12-18(21)10-13(2)9-14(3)11-18/h5-8,13-14,21H,4,9-12H2,1-3H3. The number of rotatable bonds is 3. The highest BCUT2D eigenvalue weighted by atomic mass is 16.3. The van der Waals surface area contributed by atoms with Crippen LogP contribution in [0.4, 0.5) is 0 Å². The van der Waals surface area contributed by atoms with Crippen molar-refractivity contribution in [1.82, 2.24) is 9.78 Å². The van der Waals surface area contributed by atoms with Gasteiger partial charge in [-0.05, 0) is 44.1 Å². The number of aromatic nitrogens is 2. The number of nitrogens with zero attached hydrogens (tertiary/aromatic N) is 2. The van der Waals surface area contributed by atoms with E-state index in [0.29, 0.717) is 18.3 Å². The fourth-order valence-corrected chi connectivity index (χ4v) is 4.26. The summed E-state index contributed by atoms with van der Waals surface area (Å²) in [7, 11) is 0. The molecule has 2 aromatic rings. The van der Waals surface area contributed by atoms with Gasteiger partial charge in [0.15, 0.2) is 0 Å². The van der Waals surface area contributed by atoms with Gasteiger partial charge in [0.2, 0.25) is 0 Å². The lowest BCUT2D eigenvalue weighted by Gasteiger charge is -2.38. The lowest BCUT2D eigenvalue weighted by atomic mass is 9.72. The summed E-state index contributed by atoms with van der Waals surface area (Å²) < 4.78 is 2.05. The molecule has 1 aromatic carbocycles. The molecule has 3 nitrogen and oxygen atoms in total. The van der Waals surface area contributed by atoms with Crippen LogP contribution in [0.25, 0.3) is 10.9 Å². The third-order valence-electron chi connectivity index (χ3n) is 4.79. The van der Waals surface area contributed by atoms with Crippen LogP contribution in [-0.2, 0) is 13.0 Å². The Morgan fingerprint density at radius 2 is 1.90 bits per heavy atom. The van der Waals surface area contributed by atoms with Gasteiger partial charge in [0.25, 0.3) is 0 Å². The number of benzene rings is 1. The van der Waals surface area contributed by atoms with Crippen LogP contribution in [-0.4, -0.2) is 20.5 Å². The van der Waals surface area contributed by atoms with Gasteiger partial charge in [0.05, 0.1) is 16.8 Å². The fraction of sp³-hybridized carbons (Fsp3) is 0.611. The fourth-order valence-electron chi connectivity index (χ4n) is 4.26. The van der Waals surface area contributed by atoms with Crippen LogP contribution in [0.5, 0.6) is 0 Å². The van der Waals surface area contributed by atoms with Gasteiger partial charge in [-0.25, -0.2) is 0 Å². The first-order valence-electron chi connectivity index (χ1n) is 8.17. The van der Waals surface area contributed by atoms with Crippen LogP contribution >= 0.6 is 0 Å². The molecule has 3 heteroatoms. The first-order valence-corrected chi connectivity index (χ1v) is 8.17. The van der Waals surface area contributed by atoms with Crippen molar-refractivity contribution in [3.05, 3.63) is 30.0 Å². The van der Waals surface area contributed by atoms with Crippen molar-refractivity contribution < 1.29 is 5.11 Å². The Bertz CT molecular complexity index is 621. The molecule has 1 saturated carbocycles. The minimum atomic E-state index is -0.590. The van der Waals surface area contributed by atoms with E-state index in [1.807, 2.05) is 4.68 Å². The summed E-state index contributed by atoms with van der Waals surface area (Å²) in [6.45, 7) is 7.49. The van der Waals surface area contributed by atoms with Crippen molar-refractivity contribution in [1.29, 1.82) is 0 Å². The van der Waals surface area contributed by atoms with Crippen LogP contribution in [0.2, 0.25) is 0 Å². The molecule has 0 amide bonds. The molecule has 1 N–H and O–H groups in total. The van der Waals surface area contributed by atoms with Gasteiger partial charge in [-0.3, -0.25) is 4.68 Å². The predicted octanol–water partition coefficient (Wildman–Crippen LogP) is 3.79. The maximum atomic E-state index is 11.1. The van der Waals surface area contributed by atoms with Gasteiger partial charge in [0.1, 0.15) is 0 Å². The van der Waals surface area contributed by atoms with E-state index in [0.717, 1.165) is 25.1 Å². The molecule has 3 rings (SSSR count). The molecule has 1 fully saturated rings. The minimum absolute atomic E-state index is 0.590. The Morgan fingerprint density at radius 3 is 2.57 bits per heavy atom. The van der Waals surface area contributed by atoms with Crippen LogP contribution in [0, 0.1) is 11.8 Å². The number of hydrogen-bond donors (Lipinski definition) is 1. The van der Waals surface area contributed by atoms with E-state index < -0.39 is 5.60 Å². The average Bonchev–Trinajstić information content (AvgIpc) is 2.75. The van der Waals surface area contributed by atoms with E-state index >= 15 is 0 Å². The second-order valence-electron chi connectivity index (χ2n) is 7.04. The predicted molar refractivity (Wildman–Crippen MR) is 86.2 cm³/mol. The van der Waals surface area contributed by atoms with E-state index in [9.17, 15) is 5.11 Å². The highest BCUT2D eigenvalue weighted by Crippen LogP contribution is 2.38. The summed E-state index contributed by atoms with van der Waals surface area (Å²) in [4.78, 5) is 0. The maximum absolute atomic E-state index is 11.1. The molecular formula is C18H26N2O. The Morgan fingerprint density at radius 1 is 1.24 bits per heavy atom. The lowest BCUT2D eigenvalue weighted by molar-refractivity contribution is -0.0310. The third-order valence-corrected chi connectivity index (χ3v) is 4.79. The van der Waals surface area contributed by atoms with Gasteiger partial charge in [-0.2, -0.15) is 5.10 Å². The SMILES string of the molecule is CCn1nc(CC2(O)CC(C)CC(C)C2)c2ccccc21. The van der Waals surface area contributed by atoms with Crippen molar-refractivity contribution in [3.8, 4) is 0 Å². The highest BCUT2D eigenvalue weighted by Gasteiger charge is 2.37. The Hall–Kier alpha value is -1.35. The second-order valence-corrected chi connectivity index (χ2v) is 7.04. The van der Waals surface area contributed by atoms with Crippen LogP contribution in [0.15, 0.2) is 24.3 Å². The van der Waals surface area contributed by atoms with Crippen molar-refractivity contribution in [2.75, 3.05) is 0 Å². The smallest absolute Gasteiger partial charge is 0.0731 e. The van der Waals surface area contributed by atoms with E-state index in [-0.39, 0.29) is 0 Å². The summed E-state index contributed by atoms with van der Waals surface area (Å²) in [6, 6.07) is 8.36. The summed E-state index contributed by atoms with van der Waals surface area (Å²) in [5.41, 5.74) is 1.64. The van der Waals surface area contributed by atoms with E-state index in [2.05, 4.69) is 45.0 Å². The van der Waals surface area contributed by atoms with Crippen LogP contribution in [0.1, 0.15) is 45.7 Å². The normalized spacial score (nSPS) is 29.9. The van der Waals surface area contributed by atoms with Crippen LogP contribution < -0.4 is 0 Å². The minimum Gasteiger partial charge on any atom is -0.389 e. The molecule has 1 aliphatic carbocycles. The second kappa shape index (κ2) is 5.45. The molecule has 1 heterocycles. The number of fused-ring (bicyclic) bond motifs is 1. The van der Waals surface area contributed by atoms with Crippen molar-refractivity contribution >= 4 is 10.9 Å². The van der Waals surface area contributed by atoms with Gasteiger partial charge < -0.3 is 5.11 Å². The molecule has 21 heavy (non-hydrogen) atoms. The average molecular weight is 286 g/mol. The number of aliphatic hydroxyl groups is 1. The molecule has 1 aliphatic rings. The summed E-state index contributed by atoms with van der Waals surface area (Å²) in [5, 5.41) is 17.0. The van der Waals surface area contributed by atoms with E-state index in [1.165, 1.54) is 17.3 Å². The molecular weight excluding hydrogens is 260 g/mol. The van der Waals surface area contributed by atoms with Gasteiger partial charge in [-0.1, -0.05) is 32.0 Å². The largest absolute Gasteiger partial charge is 0.389 e. The zero-order valence-electron chi connectivity index (χ0n) is 13.3. The van der Waals surface area contributed by atoms with E-state index in [1.54, 1.807) is 0 Å². The van der Waals surface area contributed by atoms with Crippen molar-refractivity contribution in [3.63, 3.8) is 0 Å². The molecule has 2 atom stereocenters. The molecule has 0 radical (unpaired) electrons. The zero-order chi connectivity index (χ0) is 15.0. The first-order chi connectivity index (χ1) is 10.0.